The highest BCUT2D eigenvalue weighted by molar-refractivity contribution is 7.09. The summed E-state index contributed by atoms with van der Waals surface area (Å²) in [6.45, 7) is 0.325. The van der Waals surface area contributed by atoms with Gasteiger partial charge in [-0.05, 0) is 12.6 Å². The summed E-state index contributed by atoms with van der Waals surface area (Å²) in [6.07, 6.45) is -4.22. The molecule has 0 saturated carbocycles. The van der Waals surface area contributed by atoms with Gasteiger partial charge in [0.1, 0.15) is 11.4 Å². The molecular weight excluding hydrogens is 331 g/mol. The number of alkyl halides is 3. The maximum atomic E-state index is 12.3. The summed E-state index contributed by atoms with van der Waals surface area (Å²) in [5.41, 5.74) is 5.84. The van der Waals surface area contributed by atoms with E-state index < -0.39 is 12.3 Å². The van der Waals surface area contributed by atoms with Crippen LogP contribution in [0.15, 0.2) is 29.6 Å². The molecule has 124 valence electrons. The third-order valence-corrected chi connectivity index (χ3v) is 3.69. The average molecular weight is 345 g/mol. The molecule has 0 aliphatic rings. The number of hydrogen-bond donors (Lipinski definition) is 2. The number of ether oxygens (including phenoxy) is 1. The number of carbonyl (C=O) groups is 1. The average Bonchev–Trinajstić information content (AvgIpc) is 2.93. The van der Waals surface area contributed by atoms with Crippen molar-refractivity contribution in [3.63, 3.8) is 0 Å². The number of nitrogens with two attached hydrogens (primary N) is 1. The topological polar surface area (TPSA) is 77.2 Å². The number of carbonyl (C=O) groups excluding carboxylic acids is 1. The summed E-state index contributed by atoms with van der Waals surface area (Å²) in [5, 5.41) is 4.84. The minimum Gasteiger partial charge on any atom is -0.405 e. The molecular formula is C14H14F3N3O2S. The molecule has 0 spiro atoms. The zero-order valence-corrected chi connectivity index (χ0v) is 12.7. The monoisotopic (exact) mass is 345 g/mol. The summed E-state index contributed by atoms with van der Waals surface area (Å²) in [7, 11) is 0. The second-order valence-corrected chi connectivity index (χ2v) is 5.45. The molecule has 0 aliphatic carbocycles. The lowest BCUT2D eigenvalue weighted by atomic mass is 10.2. The predicted octanol–water partition coefficient (Wildman–Crippen LogP) is 2.47. The highest BCUT2D eigenvalue weighted by atomic mass is 32.1. The maximum absolute atomic E-state index is 12.3. The van der Waals surface area contributed by atoms with Gasteiger partial charge >= 0.3 is 6.36 Å². The van der Waals surface area contributed by atoms with E-state index in [-0.39, 0.29) is 23.6 Å². The Balaban J connectivity index is 2.01. The van der Waals surface area contributed by atoms with E-state index in [1.54, 1.807) is 11.4 Å². The third-order valence-electron chi connectivity index (χ3n) is 2.78. The van der Waals surface area contributed by atoms with E-state index in [2.05, 4.69) is 15.0 Å². The zero-order valence-electron chi connectivity index (χ0n) is 11.9. The number of nitrogens with one attached hydrogen (secondary N) is 1. The summed E-state index contributed by atoms with van der Waals surface area (Å²) in [4.78, 5) is 16.1. The third kappa shape index (κ3) is 5.22. The van der Waals surface area contributed by atoms with Gasteiger partial charge in [-0.15, -0.1) is 24.5 Å². The number of para-hydroxylation sites is 1. The van der Waals surface area contributed by atoms with E-state index in [4.69, 9.17) is 5.73 Å². The Morgan fingerprint density at radius 1 is 1.35 bits per heavy atom. The predicted molar refractivity (Wildman–Crippen MR) is 79.2 cm³/mol. The Hall–Kier alpha value is -2.13. The van der Waals surface area contributed by atoms with E-state index in [9.17, 15) is 18.0 Å². The van der Waals surface area contributed by atoms with Crippen LogP contribution in [0, 0.1) is 0 Å². The van der Waals surface area contributed by atoms with Gasteiger partial charge in [-0.3, -0.25) is 4.79 Å². The molecule has 2 rings (SSSR count). The van der Waals surface area contributed by atoms with E-state index in [1.807, 2.05) is 0 Å². The first-order valence-electron chi connectivity index (χ1n) is 6.65. The van der Waals surface area contributed by atoms with Crippen molar-refractivity contribution < 1.29 is 22.7 Å². The van der Waals surface area contributed by atoms with Crippen molar-refractivity contribution >= 4 is 17.2 Å². The first-order chi connectivity index (χ1) is 10.9. The van der Waals surface area contributed by atoms with Gasteiger partial charge < -0.3 is 15.8 Å². The fraction of sp³-hybridized carbons (Fsp3) is 0.286. The van der Waals surface area contributed by atoms with Crippen molar-refractivity contribution in [1.29, 1.82) is 0 Å². The maximum Gasteiger partial charge on any atom is 0.573 e. The normalized spacial score (nSPS) is 11.3. The molecule has 0 aliphatic heterocycles. The minimum atomic E-state index is -4.79. The molecule has 2 aromatic rings. The van der Waals surface area contributed by atoms with Crippen molar-refractivity contribution in [2.24, 2.45) is 5.73 Å². The Morgan fingerprint density at radius 2 is 2.09 bits per heavy atom. The fourth-order valence-corrected chi connectivity index (χ4v) is 2.59. The van der Waals surface area contributed by atoms with Crippen LogP contribution >= 0.6 is 11.3 Å². The van der Waals surface area contributed by atoms with Crippen molar-refractivity contribution in [3.8, 4) is 5.75 Å². The van der Waals surface area contributed by atoms with Gasteiger partial charge in [0.2, 0.25) is 0 Å². The standard InChI is InChI=1S/C14H14F3N3O2S/c15-14(16,17)22-11-4-2-1-3-9(11)7-19-13(21)10-8-23-12(20-10)5-6-18/h1-4,8H,5-7,18H2,(H,19,21). The van der Waals surface area contributed by atoms with Crippen molar-refractivity contribution in [2.75, 3.05) is 6.54 Å². The van der Waals surface area contributed by atoms with Crippen LogP contribution in [0.5, 0.6) is 5.75 Å². The van der Waals surface area contributed by atoms with Crippen molar-refractivity contribution in [1.82, 2.24) is 10.3 Å². The molecule has 0 radical (unpaired) electrons. The van der Waals surface area contributed by atoms with E-state index in [1.165, 1.54) is 29.5 Å². The van der Waals surface area contributed by atoms with Crippen molar-refractivity contribution in [3.05, 3.63) is 45.9 Å². The van der Waals surface area contributed by atoms with Gasteiger partial charge in [-0.1, -0.05) is 18.2 Å². The summed E-state index contributed by atoms with van der Waals surface area (Å²) < 4.78 is 40.9. The van der Waals surface area contributed by atoms with Crippen LogP contribution in [0.4, 0.5) is 13.2 Å². The summed E-state index contributed by atoms with van der Waals surface area (Å²) in [6, 6.07) is 5.62. The van der Waals surface area contributed by atoms with E-state index in [0.717, 1.165) is 5.01 Å². The molecule has 1 heterocycles. The van der Waals surface area contributed by atoms with Crippen LogP contribution in [0.2, 0.25) is 0 Å². The van der Waals surface area contributed by atoms with Crippen LogP contribution in [0.3, 0.4) is 0 Å². The molecule has 1 aromatic heterocycles. The van der Waals surface area contributed by atoms with Crippen LogP contribution in [0.1, 0.15) is 21.1 Å². The second-order valence-electron chi connectivity index (χ2n) is 4.50. The Kier molecular flexibility index (Phi) is 5.56. The van der Waals surface area contributed by atoms with Crippen LogP contribution < -0.4 is 15.8 Å². The van der Waals surface area contributed by atoms with Gasteiger partial charge in [0.05, 0.1) is 5.01 Å². The van der Waals surface area contributed by atoms with Gasteiger partial charge in [0, 0.05) is 23.9 Å². The van der Waals surface area contributed by atoms with Gasteiger partial charge in [0.15, 0.2) is 0 Å². The number of hydrogen-bond acceptors (Lipinski definition) is 5. The number of nitrogens with zero attached hydrogens (tertiary/aromatic N) is 1. The molecule has 0 saturated heterocycles. The van der Waals surface area contributed by atoms with Gasteiger partial charge in [-0.2, -0.15) is 0 Å². The molecule has 0 bridgehead atoms. The van der Waals surface area contributed by atoms with Crippen LogP contribution in [-0.4, -0.2) is 23.8 Å². The molecule has 0 atom stereocenters. The molecule has 23 heavy (non-hydrogen) atoms. The number of rotatable bonds is 6. The number of halogens is 3. The lowest BCUT2D eigenvalue weighted by Crippen LogP contribution is -2.24. The first kappa shape index (κ1) is 17.2. The minimum absolute atomic E-state index is 0.102. The summed E-state index contributed by atoms with van der Waals surface area (Å²) >= 11 is 1.31. The Morgan fingerprint density at radius 3 is 2.78 bits per heavy atom. The molecule has 1 amide bonds. The first-order valence-corrected chi connectivity index (χ1v) is 7.53. The van der Waals surface area contributed by atoms with Crippen LogP contribution in [-0.2, 0) is 13.0 Å². The lowest BCUT2D eigenvalue weighted by molar-refractivity contribution is -0.274. The zero-order chi connectivity index (χ0) is 16.9. The van der Waals surface area contributed by atoms with E-state index >= 15 is 0 Å². The number of aromatic nitrogens is 1. The quantitative estimate of drug-likeness (QED) is 0.843. The van der Waals surface area contributed by atoms with Gasteiger partial charge in [-0.25, -0.2) is 4.98 Å². The summed E-state index contributed by atoms with van der Waals surface area (Å²) in [5.74, 6) is -0.811. The van der Waals surface area contributed by atoms with Crippen molar-refractivity contribution in [2.45, 2.75) is 19.3 Å². The van der Waals surface area contributed by atoms with Crippen LogP contribution in [0.25, 0.3) is 0 Å². The fourth-order valence-electron chi connectivity index (χ4n) is 1.79. The number of thiazole rings is 1. The second kappa shape index (κ2) is 7.42. The number of amides is 1. The smallest absolute Gasteiger partial charge is 0.405 e. The Labute approximate surface area is 134 Å². The molecule has 0 unspecified atom stereocenters. The molecule has 5 nitrogen and oxygen atoms in total. The van der Waals surface area contributed by atoms with E-state index in [0.29, 0.717) is 13.0 Å². The highest BCUT2D eigenvalue weighted by Crippen LogP contribution is 2.26. The largest absolute Gasteiger partial charge is 0.573 e. The molecule has 0 fully saturated rings. The molecule has 1 aromatic carbocycles. The molecule has 9 heteroatoms. The SMILES string of the molecule is NCCc1nc(C(=O)NCc2ccccc2OC(F)(F)F)cs1. The lowest BCUT2D eigenvalue weighted by Gasteiger charge is -2.13. The molecule has 3 N–H and O–H groups in total. The Bertz CT molecular complexity index is 673. The highest BCUT2D eigenvalue weighted by Gasteiger charge is 2.32. The van der Waals surface area contributed by atoms with Gasteiger partial charge in [0.25, 0.3) is 5.91 Å². The number of benzene rings is 1.